The maximum absolute atomic E-state index is 15.1. The Kier molecular flexibility index (Phi) is 49.7. The molecule has 6 aromatic rings. The molecule has 6 aromatic carbocycles. The van der Waals surface area contributed by atoms with Crippen LogP contribution < -0.4 is 16.0 Å². The first kappa shape index (κ1) is 99.0. The average Bonchev–Trinajstić information content (AvgIpc) is 0.776. The molecule has 3 N–H and O–H groups in total. The zero-order chi connectivity index (χ0) is 86.7. The molecule has 7 rings (SSSR count). The summed E-state index contributed by atoms with van der Waals surface area (Å²) >= 11 is 0. The Hall–Kier alpha value is -10.1. The summed E-state index contributed by atoms with van der Waals surface area (Å²) < 4.78 is 62.9. The van der Waals surface area contributed by atoms with Crippen LogP contribution >= 0.6 is 0 Å². The van der Waals surface area contributed by atoms with Crippen molar-refractivity contribution in [3.63, 3.8) is 0 Å². The van der Waals surface area contributed by atoms with Crippen LogP contribution in [-0.2, 0) is 124 Å². The topological polar surface area (TPSA) is 299 Å². The fourth-order valence-electron chi connectivity index (χ4n) is 14.3. The molecule has 1 aliphatic heterocycles. The normalized spacial score (nSPS) is 15.1. The molecule has 23 nitrogen and oxygen atoms in total. The van der Waals surface area contributed by atoms with Crippen LogP contribution in [0.4, 0.5) is 0 Å². The third-order valence-electron chi connectivity index (χ3n) is 21.2. The maximum Gasteiger partial charge on any atom is 0.328 e. The Morgan fingerprint density at radius 3 is 1.11 bits per heavy atom. The molecule has 1 unspecified atom stereocenters. The van der Waals surface area contributed by atoms with Crippen LogP contribution in [0.15, 0.2) is 182 Å². The van der Waals surface area contributed by atoms with E-state index in [2.05, 4.69) is 29.8 Å². The van der Waals surface area contributed by atoms with Crippen molar-refractivity contribution < 1.29 is 95.3 Å². The van der Waals surface area contributed by atoms with Gasteiger partial charge in [-0.2, -0.15) is 0 Å². The van der Waals surface area contributed by atoms with Gasteiger partial charge >= 0.3 is 41.8 Å². The Labute approximate surface area is 722 Å². The molecule has 122 heavy (non-hydrogen) atoms. The summed E-state index contributed by atoms with van der Waals surface area (Å²) in [4.78, 5) is 143. The molecule has 0 bridgehead atoms. The number of hydrogen-bond acceptors (Lipinski definition) is 20. The molecule has 1 heterocycles. The standard InChI is InChI=1S/C99H133N3O20/c1-3-5-7-9-11-13-15-17-19-22-44-60-86(103)101-84(98(112)118-74-80-56-40-30-41-57-80)63-64-88(105)117-75-85-95(119-82(66-90(107)113-70-76-48-32-26-33-49-76)67-91(108)114-71-77-50-34-27-35-51-77)96(122-89(106)62-46-24-20-18-16-14-12-10-8-6-4-2)94(102-87(104)61-45-23-21-25-47-65-100-97(111)81-58-42-31-43-59-81)99(121-85)120-83(68-92(109)115-72-78-52-36-28-37-53-78)69-93(110)116-73-79-54-38-29-39-55-79/h26-43,48-59,82-85,94-96,99H,3-25,44-47,60-75H2,1-2H3,(H,100,111)(H,101,103)(H,102,104)/t84?,85-,94+,95-,96-,99+/m1/s1. The van der Waals surface area contributed by atoms with Gasteiger partial charge in [-0.1, -0.05) is 331 Å². The number of hydrogen-bond donors (Lipinski definition) is 3. The minimum Gasteiger partial charge on any atom is -0.463 e. The van der Waals surface area contributed by atoms with Crippen LogP contribution in [0.25, 0.3) is 0 Å². The van der Waals surface area contributed by atoms with Crippen molar-refractivity contribution in [2.45, 2.75) is 327 Å². The van der Waals surface area contributed by atoms with Crippen LogP contribution in [0.2, 0.25) is 0 Å². The minimum atomic E-state index is -1.83. The Balaban J connectivity index is 1.25. The Morgan fingerprint density at radius 1 is 0.344 bits per heavy atom. The van der Waals surface area contributed by atoms with Crippen LogP contribution in [0, 0.1) is 0 Å². The summed E-state index contributed by atoms with van der Waals surface area (Å²) in [6.45, 7) is 3.32. The lowest BCUT2D eigenvalue weighted by molar-refractivity contribution is -0.298. The minimum absolute atomic E-state index is 0.0925. The largest absolute Gasteiger partial charge is 0.463 e. The summed E-state index contributed by atoms with van der Waals surface area (Å²) in [5.74, 6) is -6.86. The highest BCUT2D eigenvalue weighted by Crippen LogP contribution is 2.33. The molecule has 0 spiro atoms. The molecule has 1 aliphatic rings. The second-order valence-electron chi connectivity index (χ2n) is 31.6. The number of benzene rings is 6. The first-order valence-corrected chi connectivity index (χ1v) is 44.8. The predicted molar refractivity (Wildman–Crippen MR) is 464 cm³/mol. The number of amides is 3. The number of esters is 7. The fraction of sp³-hybridized carbons (Fsp3) is 0.535. The van der Waals surface area contributed by atoms with Crippen molar-refractivity contribution in [2.24, 2.45) is 0 Å². The first-order chi connectivity index (χ1) is 59.6. The smallest absolute Gasteiger partial charge is 0.328 e. The van der Waals surface area contributed by atoms with Gasteiger partial charge < -0.3 is 63.3 Å². The molecule has 1 saturated heterocycles. The molecule has 6 atom stereocenters. The average molecular weight is 1690 g/mol. The van der Waals surface area contributed by atoms with E-state index in [0.717, 1.165) is 70.6 Å². The van der Waals surface area contributed by atoms with Crippen LogP contribution in [0.3, 0.4) is 0 Å². The van der Waals surface area contributed by atoms with Gasteiger partial charge in [0, 0.05) is 37.8 Å². The third-order valence-corrected chi connectivity index (χ3v) is 21.2. The number of ether oxygens (including phenoxy) is 10. The number of nitrogens with one attached hydrogen (secondary N) is 3. The SMILES string of the molecule is CCCCCCCCCCCCCC(=O)NC(CCC(=O)OC[C@H]1O[C@H](OC(CC(=O)OCc2ccccc2)CC(=O)OCc2ccccc2)[C@@H](NC(=O)CCCCCCCNC(=O)c2ccccc2)[C@@H](OC(=O)CCCCCCCCCCCCC)[C@@H]1OC(CC(=O)OCc1ccccc1)CC(=O)OCc1ccccc1)C(=O)OCc1ccccc1. The summed E-state index contributed by atoms with van der Waals surface area (Å²) in [5.41, 5.74) is 3.89. The molecule has 23 heteroatoms. The summed E-state index contributed by atoms with van der Waals surface area (Å²) in [6, 6.07) is 50.7. The van der Waals surface area contributed by atoms with Gasteiger partial charge in [-0.05, 0) is 72.1 Å². The Morgan fingerprint density at radius 2 is 0.697 bits per heavy atom. The number of unbranched alkanes of at least 4 members (excludes halogenated alkanes) is 24. The van der Waals surface area contributed by atoms with Crippen molar-refractivity contribution in [1.82, 2.24) is 16.0 Å². The highest BCUT2D eigenvalue weighted by Gasteiger charge is 2.52. The number of rotatable bonds is 64. The molecule has 0 aromatic heterocycles. The van der Waals surface area contributed by atoms with Gasteiger partial charge in [-0.3, -0.25) is 43.2 Å². The highest BCUT2D eigenvalue weighted by molar-refractivity contribution is 5.94. The quantitative estimate of drug-likeness (QED) is 0.0181. The molecule has 664 valence electrons. The fourth-order valence-corrected chi connectivity index (χ4v) is 14.3. The molecule has 0 aliphatic carbocycles. The maximum atomic E-state index is 15.1. The van der Waals surface area contributed by atoms with Crippen LogP contribution in [0.5, 0.6) is 0 Å². The van der Waals surface area contributed by atoms with Gasteiger partial charge in [0.25, 0.3) is 5.91 Å². The second kappa shape index (κ2) is 61.2. The monoisotopic (exact) mass is 1680 g/mol. The second-order valence-corrected chi connectivity index (χ2v) is 31.6. The molecule has 3 amide bonds. The van der Waals surface area contributed by atoms with Crippen molar-refractivity contribution in [1.29, 1.82) is 0 Å². The van der Waals surface area contributed by atoms with Crippen molar-refractivity contribution in [2.75, 3.05) is 13.2 Å². The highest BCUT2D eigenvalue weighted by atomic mass is 16.7. The van der Waals surface area contributed by atoms with Gasteiger partial charge in [0.05, 0.1) is 37.9 Å². The van der Waals surface area contributed by atoms with Crippen LogP contribution in [-0.4, -0.2) is 122 Å². The lowest BCUT2D eigenvalue weighted by atomic mass is 9.94. The van der Waals surface area contributed by atoms with E-state index in [9.17, 15) is 38.4 Å². The first-order valence-electron chi connectivity index (χ1n) is 44.8. The van der Waals surface area contributed by atoms with E-state index in [1.54, 1.807) is 146 Å². The summed E-state index contributed by atoms with van der Waals surface area (Å²) in [6.07, 6.45) is 12.6. The van der Waals surface area contributed by atoms with Crippen molar-refractivity contribution in [3.05, 3.63) is 215 Å². The lowest BCUT2D eigenvalue weighted by Gasteiger charge is -2.47. The Bertz CT molecular complexity index is 3800. The van der Waals surface area contributed by atoms with Gasteiger partial charge in [-0.15, -0.1) is 0 Å². The van der Waals surface area contributed by atoms with E-state index in [1.807, 2.05) is 36.4 Å². The van der Waals surface area contributed by atoms with Gasteiger partial charge in [0.15, 0.2) is 12.4 Å². The van der Waals surface area contributed by atoms with E-state index in [0.29, 0.717) is 84.9 Å². The molecule has 0 radical (unpaired) electrons. The molecule has 1 fully saturated rings. The predicted octanol–water partition coefficient (Wildman–Crippen LogP) is 18.5. The molecule has 0 saturated carbocycles. The number of carbonyl (C=O) groups is 10. The van der Waals surface area contributed by atoms with Crippen LogP contribution in [0.1, 0.15) is 283 Å². The van der Waals surface area contributed by atoms with E-state index >= 15 is 9.59 Å². The zero-order valence-corrected chi connectivity index (χ0v) is 72.0. The van der Waals surface area contributed by atoms with E-state index in [4.69, 9.17) is 47.4 Å². The third kappa shape index (κ3) is 43.1. The van der Waals surface area contributed by atoms with Gasteiger partial charge in [0.1, 0.15) is 63.9 Å². The number of carbonyl (C=O) groups excluding carboxylic acids is 10. The van der Waals surface area contributed by atoms with Gasteiger partial charge in [-0.25, -0.2) is 4.79 Å². The lowest BCUT2D eigenvalue weighted by Crippen LogP contribution is -2.67. The molecular formula is C99H133N3O20. The van der Waals surface area contributed by atoms with Gasteiger partial charge in [0.2, 0.25) is 11.8 Å². The van der Waals surface area contributed by atoms with Crippen molar-refractivity contribution >= 4 is 59.5 Å². The summed E-state index contributed by atoms with van der Waals surface area (Å²) in [5, 5.41) is 8.83. The van der Waals surface area contributed by atoms with E-state index in [1.165, 1.54) is 57.8 Å². The van der Waals surface area contributed by atoms with Crippen molar-refractivity contribution in [3.8, 4) is 0 Å². The molecular weight excluding hydrogens is 1550 g/mol. The summed E-state index contributed by atoms with van der Waals surface area (Å²) in [7, 11) is 0. The van der Waals surface area contributed by atoms with E-state index < -0.39 is 141 Å². The zero-order valence-electron chi connectivity index (χ0n) is 72.0. The van der Waals surface area contributed by atoms with E-state index in [-0.39, 0.29) is 64.6 Å².